The van der Waals surface area contributed by atoms with Gasteiger partial charge in [-0.25, -0.2) is 13.9 Å². The third-order valence-corrected chi connectivity index (χ3v) is 1.86. The average Bonchev–Trinajstić information content (AvgIpc) is 2.04. The van der Waals surface area contributed by atoms with Gasteiger partial charge in [-0.15, -0.1) is 0 Å². The highest BCUT2D eigenvalue weighted by molar-refractivity contribution is 5.20. The normalized spacial score (nSPS) is 12.9. The van der Waals surface area contributed by atoms with Gasteiger partial charge in [0, 0.05) is 11.6 Å². The Morgan fingerprint density at radius 1 is 1.38 bits per heavy atom. The molecule has 0 aliphatic rings. The lowest BCUT2D eigenvalue weighted by molar-refractivity contribution is 0.0772. The summed E-state index contributed by atoms with van der Waals surface area (Å²) >= 11 is 0. The molecule has 1 unspecified atom stereocenters. The van der Waals surface area contributed by atoms with E-state index in [2.05, 4.69) is 0 Å². The van der Waals surface area contributed by atoms with Crippen molar-refractivity contribution in [3.8, 4) is 0 Å². The Morgan fingerprint density at radius 2 is 2.08 bits per heavy atom. The fourth-order valence-electron chi connectivity index (χ4n) is 1.18. The van der Waals surface area contributed by atoms with Gasteiger partial charge in [0.2, 0.25) is 0 Å². The van der Waals surface area contributed by atoms with E-state index in [0.717, 1.165) is 12.1 Å². The molecule has 0 amide bonds. The SMILES string of the molecule is CCCC([O])c1ccc(F)cc1F. The van der Waals surface area contributed by atoms with Crippen LogP contribution >= 0.6 is 0 Å². The summed E-state index contributed by atoms with van der Waals surface area (Å²) in [5, 5.41) is 11.3. The zero-order valence-electron chi connectivity index (χ0n) is 7.39. The fourth-order valence-corrected chi connectivity index (χ4v) is 1.18. The van der Waals surface area contributed by atoms with Crippen molar-refractivity contribution in [2.24, 2.45) is 0 Å². The van der Waals surface area contributed by atoms with Crippen LogP contribution in [0.15, 0.2) is 18.2 Å². The van der Waals surface area contributed by atoms with E-state index in [1.165, 1.54) is 6.07 Å². The maximum Gasteiger partial charge on any atom is 0.132 e. The van der Waals surface area contributed by atoms with Crippen LogP contribution in [0.2, 0.25) is 0 Å². The van der Waals surface area contributed by atoms with E-state index in [0.29, 0.717) is 12.8 Å². The number of benzene rings is 1. The Labute approximate surface area is 76.0 Å². The predicted octanol–water partition coefficient (Wildman–Crippen LogP) is 3.24. The van der Waals surface area contributed by atoms with Gasteiger partial charge in [-0.05, 0) is 12.5 Å². The van der Waals surface area contributed by atoms with Gasteiger partial charge in [0.1, 0.15) is 17.7 Å². The Morgan fingerprint density at radius 3 is 2.62 bits per heavy atom. The third-order valence-electron chi connectivity index (χ3n) is 1.86. The van der Waals surface area contributed by atoms with E-state index < -0.39 is 17.7 Å². The van der Waals surface area contributed by atoms with Gasteiger partial charge in [-0.2, -0.15) is 0 Å². The smallest absolute Gasteiger partial charge is 0.132 e. The lowest BCUT2D eigenvalue weighted by Crippen LogP contribution is -1.99. The zero-order valence-corrected chi connectivity index (χ0v) is 7.39. The average molecular weight is 185 g/mol. The summed E-state index contributed by atoms with van der Waals surface area (Å²) in [7, 11) is 0. The standard InChI is InChI=1S/C10H11F2O/c1-2-3-10(13)8-5-4-7(11)6-9(8)12/h4-6,10H,2-3H2,1H3. The minimum Gasteiger partial charge on any atom is -0.228 e. The molecule has 0 aliphatic carbocycles. The van der Waals surface area contributed by atoms with Crippen LogP contribution < -0.4 is 0 Å². The van der Waals surface area contributed by atoms with Gasteiger partial charge in [0.25, 0.3) is 0 Å². The van der Waals surface area contributed by atoms with Crippen molar-refractivity contribution >= 4 is 0 Å². The molecule has 0 aromatic heterocycles. The molecule has 1 atom stereocenters. The van der Waals surface area contributed by atoms with Gasteiger partial charge < -0.3 is 0 Å². The predicted molar refractivity (Wildman–Crippen MR) is 44.7 cm³/mol. The van der Waals surface area contributed by atoms with Gasteiger partial charge in [-0.1, -0.05) is 19.4 Å². The first-order chi connectivity index (χ1) is 6.15. The summed E-state index contributed by atoms with van der Waals surface area (Å²) in [6.45, 7) is 1.85. The Bertz CT molecular complexity index is 286. The highest BCUT2D eigenvalue weighted by atomic mass is 19.1. The zero-order chi connectivity index (χ0) is 9.84. The van der Waals surface area contributed by atoms with Crippen LogP contribution in [0.25, 0.3) is 0 Å². The van der Waals surface area contributed by atoms with Crippen molar-refractivity contribution < 1.29 is 13.9 Å². The number of hydrogen-bond acceptors (Lipinski definition) is 0. The van der Waals surface area contributed by atoms with Gasteiger partial charge in [0.05, 0.1) is 0 Å². The summed E-state index contributed by atoms with van der Waals surface area (Å²) in [4.78, 5) is 0. The summed E-state index contributed by atoms with van der Waals surface area (Å²) in [5.74, 6) is -1.39. The molecule has 71 valence electrons. The van der Waals surface area contributed by atoms with E-state index in [1.807, 2.05) is 6.92 Å². The molecular weight excluding hydrogens is 174 g/mol. The molecule has 1 radical (unpaired) electrons. The third kappa shape index (κ3) is 2.49. The van der Waals surface area contributed by atoms with Crippen molar-refractivity contribution in [2.45, 2.75) is 25.9 Å². The van der Waals surface area contributed by atoms with Crippen molar-refractivity contribution in [2.75, 3.05) is 0 Å². The maximum atomic E-state index is 13.0. The minimum atomic E-state index is -1.08. The second-order valence-corrected chi connectivity index (χ2v) is 2.94. The number of rotatable bonds is 3. The molecule has 13 heavy (non-hydrogen) atoms. The molecule has 0 aliphatic heterocycles. The topological polar surface area (TPSA) is 19.9 Å². The van der Waals surface area contributed by atoms with Crippen molar-refractivity contribution in [3.63, 3.8) is 0 Å². The van der Waals surface area contributed by atoms with E-state index in [9.17, 15) is 13.9 Å². The number of halogens is 2. The minimum absolute atomic E-state index is 0.0586. The van der Waals surface area contributed by atoms with Crippen LogP contribution in [0.4, 0.5) is 8.78 Å². The van der Waals surface area contributed by atoms with Crippen molar-refractivity contribution in [1.82, 2.24) is 0 Å². The summed E-state index contributed by atoms with van der Waals surface area (Å²) < 4.78 is 25.4. The Hall–Kier alpha value is -0.960. The molecule has 1 nitrogen and oxygen atoms in total. The molecular formula is C10H11F2O. The maximum absolute atomic E-state index is 13.0. The molecule has 0 heterocycles. The quantitative estimate of drug-likeness (QED) is 0.689. The first kappa shape index (κ1) is 10.1. The van der Waals surface area contributed by atoms with Crippen LogP contribution in [0.1, 0.15) is 31.4 Å². The van der Waals surface area contributed by atoms with Crippen LogP contribution in [-0.4, -0.2) is 0 Å². The van der Waals surface area contributed by atoms with Gasteiger partial charge in [0.15, 0.2) is 0 Å². The first-order valence-corrected chi connectivity index (χ1v) is 4.26. The largest absolute Gasteiger partial charge is 0.228 e. The molecule has 0 saturated heterocycles. The van der Waals surface area contributed by atoms with E-state index in [-0.39, 0.29) is 5.56 Å². The molecule has 0 saturated carbocycles. The van der Waals surface area contributed by atoms with Gasteiger partial charge in [-0.3, -0.25) is 0 Å². The second kappa shape index (κ2) is 4.33. The van der Waals surface area contributed by atoms with E-state index >= 15 is 0 Å². The number of hydrogen-bond donors (Lipinski definition) is 0. The molecule has 1 rings (SSSR count). The first-order valence-electron chi connectivity index (χ1n) is 4.26. The molecule has 3 heteroatoms. The van der Waals surface area contributed by atoms with Crippen LogP contribution in [0, 0.1) is 11.6 Å². The molecule has 1 aromatic rings. The lowest BCUT2D eigenvalue weighted by atomic mass is 10.0. The molecule has 0 spiro atoms. The summed E-state index contributed by atoms with van der Waals surface area (Å²) in [5.41, 5.74) is 0.0586. The van der Waals surface area contributed by atoms with Crippen molar-refractivity contribution in [3.05, 3.63) is 35.4 Å². The van der Waals surface area contributed by atoms with Crippen molar-refractivity contribution in [1.29, 1.82) is 0 Å². The second-order valence-electron chi connectivity index (χ2n) is 2.94. The van der Waals surface area contributed by atoms with Crippen LogP contribution in [0.3, 0.4) is 0 Å². The highest BCUT2D eigenvalue weighted by Crippen LogP contribution is 2.22. The Kier molecular flexibility index (Phi) is 3.37. The summed E-state index contributed by atoms with van der Waals surface area (Å²) in [6, 6.07) is 3.08. The lowest BCUT2D eigenvalue weighted by Gasteiger charge is -2.07. The Balaban J connectivity index is 2.88. The molecule has 0 fully saturated rings. The molecule has 0 bridgehead atoms. The molecule has 1 aromatic carbocycles. The van der Waals surface area contributed by atoms with Gasteiger partial charge >= 0.3 is 0 Å². The fraction of sp³-hybridized carbons (Fsp3) is 0.400. The van der Waals surface area contributed by atoms with Crippen LogP contribution in [-0.2, 0) is 5.11 Å². The van der Waals surface area contributed by atoms with Crippen LogP contribution in [0.5, 0.6) is 0 Å². The van der Waals surface area contributed by atoms with E-state index in [4.69, 9.17) is 0 Å². The molecule has 0 N–H and O–H groups in total. The highest BCUT2D eigenvalue weighted by Gasteiger charge is 2.13. The summed E-state index contributed by atoms with van der Waals surface area (Å²) in [6.07, 6.45) is -0.00123. The van der Waals surface area contributed by atoms with E-state index in [1.54, 1.807) is 0 Å². The monoisotopic (exact) mass is 185 g/mol.